The van der Waals surface area contributed by atoms with Gasteiger partial charge in [0.15, 0.2) is 29.9 Å². The van der Waals surface area contributed by atoms with Gasteiger partial charge in [-0.1, -0.05) is 206 Å². The summed E-state index contributed by atoms with van der Waals surface area (Å²) in [5.74, 6) is 0.262. The third kappa shape index (κ3) is 24.9. The molecular formula is C56H100Br4Cl2N8O11P4S3. The Morgan fingerprint density at radius 1 is 0.750 bits per heavy atom. The predicted octanol–water partition coefficient (Wildman–Crippen LogP) is 19.9. The van der Waals surface area contributed by atoms with Crippen LogP contribution in [0.1, 0.15) is 136 Å². The van der Waals surface area contributed by atoms with Gasteiger partial charge in [0.25, 0.3) is 0 Å². The minimum atomic E-state index is -3.43. The van der Waals surface area contributed by atoms with Crippen LogP contribution in [0.3, 0.4) is 0 Å². The van der Waals surface area contributed by atoms with E-state index in [1.54, 1.807) is 54.4 Å². The first-order valence-corrected chi connectivity index (χ1v) is 35.4. The number of guanidine groups is 1. The summed E-state index contributed by atoms with van der Waals surface area (Å²) in [5.41, 5.74) is 19.9. The normalized spacial score (nSPS) is 21.1. The van der Waals surface area contributed by atoms with E-state index in [-0.39, 0.29) is 39.4 Å². The largest absolute Gasteiger partial charge is 0.400 e. The summed E-state index contributed by atoms with van der Waals surface area (Å²) in [6.45, 7) is 14.4. The van der Waals surface area contributed by atoms with Crippen molar-refractivity contribution in [2.24, 2.45) is 22.2 Å². The Labute approximate surface area is 602 Å². The lowest BCUT2D eigenvalue weighted by molar-refractivity contribution is 0.249. The van der Waals surface area contributed by atoms with E-state index >= 15 is 0 Å². The van der Waals surface area contributed by atoms with Gasteiger partial charge in [-0.25, -0.2) is 4.99 Å². The number of rotatable bonds is 15. The third-order valence-corrected chi connectivity index (χ3v) is 27.0. The molecule has 0 radical (unpaired) electrons. The number of nitriles is 1. The Balaban J connectivity index is -0.000000164. The third-order valence-electron chi connectivity index (χ3n) is 11.9. The minimum Gasteiger partial charge on any atom is -0.400 e. The lowest BCUT2D eigenvalue weighted by atomic mass is 10.1. The van der Waals surface area contributed by atoms with Crippen LogP contribution in [-0.2, 0) is 65.7 Å². The average Bonchev–Trinajstić information content (AvgIpc) is 1.57. The molecule has 0 spiro atoms. The second-order valence-electron chi connectivity index (χ2n) is 16.5. The van der Waals surface area contributed by atoms with Crippen LogP contribution in [0.4, 0.5) is 0 Å². The van der Waals surface area contributed by atoms with Crippen LogP contribution in [0, 0.1) is 10.7 Å². The van der Waals surface area contributed by atoms with E-state index in [4.69, 9.17) is 104 Å². The summed E-state index contributed by atoms with van der Waals surface area (Å²) in [5, 5.41) is 18.6. The SMILES string of the molecule is C.C.C.CCN.CCN1C(=S)NC(C)(c2ccc(Br)cc2)P1(=O)OC.CCN1C(N)=NC(C)(c2ccc(Br)cc2)P1(=O)OC.CO.COP(=O)(OC)C(C)(N)c1ccc(Br)cc1.COP(=O)(OC)C(C)(SC#N)c1ccc(Br)cc1.S=C(Cl)Cl.[3H]C.[3H]C([3H])([3H])[3H].[3H]C([3H])[3H].[3H]C[3H]. The van der Waals surface area contributed by atoms with Gasteiger partial charge in [0.05, 0.1) is 0 Å². The molecule has 6 unspecified atom stereocenters. The van der Waals surface area contributed by atoms with Crippen LogP contribution in [0.2, 0.25) is 0 Å². The van der Waals surface area contributed by atoms with E-state index in [1.807, 2.05) is 106 Å². The second kappa shape index (κ2) is 46.8. The maximum Gasteiger partial charge on any atom is 0.354 e. The Morgan fingerprint density at radius 3 is 1.35 bits per heavy atom. The Kier molecular flexibility index (Phi) is 43.1. The van der Waals surface area contributed by atoms with Crippen molar-refractivity contribution in [1.29, 1.82) is 5.26 Å². The maximum absolute atomic E-state index is 13.2. The fraction of sp³-hybridized carbons (Fsp3) is 0.500. The van der Waals surface area contributed by atoms with E-state index in [9.17, 15) is 18.3 Å². The van der Waals surface area contributed by atoms with Gasteiger partial charge in [-0.2, -0.15) is 5.26 Å². The van der Waals surface area contributed by atoms with Crippen molar-refractivity contribution in [2.75, 3.05) is 69.4 Å². The van der Waals surface area contributed by atoms with Gasteiger partial charge < -0.3 is 54.8 Å². The molecule has 19 nitrogen and oxygen atoms in total. The molecule has 6 atom stereocenters. The van der Waals surface area contributed by atoms with Gasteiger partial charge in [-0.05, 0) is 143 Å². The fourth-order valence-electron chi connectivity index (χ4n) is 7.60. The number of nitrogens with one attached hydrogen (secondary N) is 1. The maximum atomic E-state index is 13.2. The number of benzene rings is 4. The molecule has 6 rings (SSSR count). The minimum absolute atomic E-state index is 0. The number of thioether (sulfide) groups is 1. The Morgan fingerprint density at radius 2 is 1.06 bits per heavy atom. The molecule has 88 heavy (non-hydrogen) atoms. The summed E-state index contributed by atoms with van der Waals surface area (Å²) >= 11 is 33.2. The fourth-order valence-corrected chi connectivity index (χ4v) is 18.4. The van der Waals surface area contributed by atoms with Crippen LogP contribution >= 0.6 is 153 Å². The van der Waals surface area contributed by atoms with E-state index in [1.165, 1.54) is 50.1 Å². The van der Waals surface area contributed by atoms with Crippen LogP contribution in [0.5, 0.6) is 0 Å². The first-order chi connectivity index (χ1) is 43.9. The summed E-state index contributed by atoms with van der Waals surface area (Å²) in [7, 11) is -6.80. The van der Waals surface area contributed by atoms with Crippen molar-refractivity contribution in [3.8, 4) is 5.40 Å². The van der Waals surface area contributed by atoms with Crippen molar-refractivity contribution in [2.45, 2.75) is 121 Å². The standard InChI is InChI=1S/C12H17BrN3O2P.C12H16BrN2O2PS.C11H13BrNO3PS.C10H15BrNO3P.C2H7N.CCl2S.CH4O.7CH4/c1-4-16-11(14)15-12(2,19(16,17)18-3)9-5-7-10(13)8-6-9;1-4-15-11(19)14-12(2,18(15,16)17-3)9-5-7-10(13)8-6-9;1-11(18-8-13,17(14,15-2)16-3)9-4-6-10(12)7-5-9;1-10(12,16(13,14-2)15-3)8-4-6-9(11)7-5-8;1-2-3;2-1(3)4;1-2;;;;;;;/h5-8H,4H2,1-3H3,(H2,14,15);5-8H,4H2,1-3H3,(H,14,19);4-7H,1-3H3;4-7H,12H2,1-3H3;2-3H2,1H3;;2H,1H3;7*1H4/i;;;;;;;1T4;1T3;1T2;1T;;;. The highest BCUT2D eigenvalue weighted by atomic mass is 79.9. The number of halogens is 6. The summed E-state index contributed by atoms with van der Waals surface area (Å²) in [4.78, 5) is 4.41. The highest BCUT2D eigenvalue weighted by Crippen LogP contribution is 2.71. The molecule has 510 valence electrons. The van der Waals surface area contributed by atoms with Crippen LogP contribution in [0.15, 0.2) is 120 Å². The number of nitrogens with zero attached hydrogens (tertiary/aromatic N) is 4. The molecule has 0 aliphatic carbocycles. The molecule has 32 heteroatoms. The molecule has 2 heterocycles. The van der Waals surface area contributed by atoms with E-state index in [0.717, 1.165) is 54.4 Å². The zero-order valence-corrected chi connectivity index (χ0v) is 63.9. The van der Waals surface area contributed by atoms with Crippen molar-refractivity contribution >= 4 is 168 Å². The monoisotopic (exact) mass is 1690 g/mol. The number of aliphatic imine (C=N–C) groups is 1. The van der Waals surface area contributed by atoms with Crippen molar-refractivity contribution in [3.05, 3.63) is 137 Å². The first-order valence-electron chi connectivity index (χ1n) is 29.8. The molecule has 1 saturated heterocycles. The van der Waals surface area contributed by atoms with E-state index < -0.39 is 65.2 Å². The first kappa shape index (κ1) is 81.1. The summed E-state index contributed by atoms with van der Waals surface area (Å²) < 4.78 is 147. The van der Waals surface area contributed by atoms with Crippen LogP contribution in [-0.4, -0.2) is 98.7 Å². The zero-order valence-electron chi connectivity index (χ0n) is 60.0. The Bertz CT molecular complexity index is 3110. The van der Waals surface area contributed by atoms with Crippen molar-refractivity contribution in [3.63, 3.8) is 0 Å². The molecule has 0 bridgehead atoms. The Hall–Kier alpha value is -1.17. The van der Waals surface area contributed by atoms with E-state index in [2.05, 4.69) is 86.2 Å². The van der Waals surface area contributed by atoms with Crippen molar-refractivity contribution < 1.29 is 64.2 Å². The number of nitrogens with two attached hydrogens (primary N) is 3. The molecule has 8 N–H and O–H groups in total. The zero-order chi connectivity index (χ0) is 75.8. The number of aliphatic hydroxyl groups is 1. The molecule has 0 amide bonds. The number of hydrogen-bond acceptors (Lipinski definition) is 19. The topological polar surface area (TPSA) is 277 Å². The summed E-state index contributed by atoms with van der Waals surface area (Å²) in [6.07, 6.45) is 0. The molecule has 1 fully saturated rings. The second-order valence-corrected chi connectivity index (χ2v) is 34.7. The smallest absolute Gasteiger partial charge is 0.354 e. The lowest BCUT2D eigenvalue weighted by Gasteiger charge is -2.32. The average molecular weight is 1690 g/mol. The molecule has 2 aliphatic rings. The predicted molar refractivity (Wildman–Crippen MR) is 402 cm³/mol. The summed E-state index contributed by atoms with van der Waals surface area (Å²) in [6, 6.07) is 29.7. The van der Waals surface area contributed by atoms with Gasteiger partial charge in [0.2, 0.25) is 0 Å². The lowest BCUT2D eigenvalue weighted by Crippen LogP contribution is -2.35. The molecule has 4 aromatic rings. The quantitative estimate of drug-likeness (QED) is 0.0320. The number of thiocarbonyl (C=S) groups is 2. The molecule has 0 saturated carbocycles. The molecule has 0 aromatic heterocycles. The molecule has 2 aliphatic heterocycles. The number of thiocyanates is 1. The molecular weight excluding hydrogens is 1570 g/mol. The van der Waals surface area contributed by atoms with Gasteiger partial charge >= 0.3 is 30.2 Å². The van der Waals surface area contributed by atoms with E-state index in [0.29, 0.717) is 29.3 Å². The van der Waals surface area contributed by atoms with Gasteiger partial charge in [-0.3, -0.25) is 27.6 Å². The van der Waals surface area contributed by atoms with Crippen LogP contribution < -0.4 is 22.5 Å². The molecule has 4 aromatic carbocycles. The highest BCUT2D eigenvalue weighted by molar-refractivity contribution is 9.11. The highest BCUT2D eigenvalue weighted by Gasteiger charge is 2.58. The van der Waals surface area contributed by atoms with Crippen LogP contribution in [0.25, 0.3) is 0 Å². The number of aliphatic hydroxyl groups excluding tert-OH is 1. The number of hydrogen-bond donors (Lipinski definition) is 5. The van der Waals surface area contributed by atoms with Gasteiger partial charge in [-0.15, -0.1) is 0 Å². The van der Waals surface area contributed by atoms with Crippen molar-refractivity contribution in [1.82, 2.24) is 14.7 Å². The van der Waals surface area contributed by atoms with Gasteiger partial charge in [0, 0.05) is 94.5 Å². The van der Waals surface area contributed by atoms with Gasteiger partial charge in [0.1, 0.15) is 10.7 Å².